The second kappa shape index (κ2) is 5.48. The van der Waals surface area contributed by atoms with E-state index in [1.54, 1.807) is 10.3 Å². The highest BCUT2D eigenvalue weighted by atomic mass is 32.1. The van der Waals surface area contributed by atoms with Gasteiger partial charge in [0.15, 0.2) is 0 Å². The molecule has 0 atom stereocenters. The standard InChI is InChI=1S/C12H16N2O3S/c1-8-13-10(7-18-8)11(15)14-5-3-9(4-6-14)12(16)17-2/h7,9H,3-6H2,1-2H3. The van der Waals surface area contributed by atoms with Gasteiger partial charge in [0.05, 0.1) is 18.0 Å². The maximum absolute atomic E-state index is 12.1. The molecule has 1 aliphatic heterocycles. The molecule has 1 aliphatic rings. The summed E-state index contributed by atoms with van der Waals surface area (Å²) in [7, 11) is 1.40. The largest absolute Gasteiger partial charge is 0.469 e. The maximum atomic E-state index is 12.1. The van der Waals surface area contributed by atoms with Crippen molar-refractivity contribution in [3.63, 3.8) is 0 Å². The molecule has 0 aliphatic carbocycles. The number of nitrogens with zero attached hydrogens (tertiary/aromatic N) is 2. The van der Waals surface area contributed by atoms with Gasteiger partial charge in [-0.25, -0.2) is 4.98 Å². The van der Waals surface area contributed by atoms with Gasteiger partial charge in [-0.2, -0.15) is 0 Å². The van der Waals surface area contributed by atoms with E-state index in [1.807, 2.05) is 6.92 Å². The van der Waals surface area contributed by atoms with E-state index in [0.717, 1.165) is 5.01 Å². The van der Waals surface area contributed by atoms with Gasteiger partial charge in [-0.15, -0.1) is 11.3 Å². The Morgan fingerprint density at radius 1 is 1.44 bits per heavy atom. The zero-order valence-corrected chi connectivity index (χ0v) is 11.3. The highest BCUT2D eigenvalue weighted by Crippen LogP contribution is 2.20. The number of methoxy groups -OCH3 is 1. The Kier molecular flexibility index (Phi) is 3.96. The summed E-state index contributed by atoms with van der Waals surface area (Å²) in [6, 6.07) is 0. The van der Waals surface area contributed by atoms with Crippen LogP contribution in [0.4, 0.5) is 0 Å². The molecule has 6 heteroatoms. The fourth-order valence-electron chi connectivity index (χ4n) is 2.11. The number of aryl methyl sites for hydroxylation is 1. The number of hydrogen-bond acceptors (Lipinski definition) is 5. The van der Waals surface area contributed by atoms with Gasteiger partial charge < -0.3 is 9.64 Å². The minimum absolute atomic E-state index is 0.0392. The van der Waals surface area contributed by atoms with Gasteiger partial charge in [-0.1, -0.05) is 0 Å². The number of esters is 1. The first kappa shape index (κ1) is 13.0. The average molecular weight is 268 g/mol. The molecule has 2 rings (SSSR count). The lowest BCUT2D eigenvalue weighted by molar-refractivity contribution is -0.146. The van der Waals surface area contributed by atoms with Crippen molar-refractivity contribution in [2.75, 3.05) is 20.2 Å². The molecule has 0 saturated carbocycles. The quantitative estimate of drug-likeness (QED) is 0.762. The van der Waals surface area contributed by atoms with Crippen molar-refractivity contribution < 1.29 is 14.3 Å². The molecule has 18 heavy (non-hydrogen) atoms. The predicted molar refractivity (Wildman–Crippen MR) is 67.5 cm³/mol. The van der Waals surface area contributed by atoms with Crippen molar-refractivity contribution in [1.82, 2.24) is 9.88 Å². The summed E-state index contributed by atoms with van der Waals surface area (Å²) in [6.45, 7) is 3.06. The van der Waals surface area contributed by atoms with Crippen LogP contribution >= 0.6 is 11.3 Å². The van der Waals surface area contributed by atoms with Gasteiger partial charge in [0.25, 0.3) is 5.91 Å². The molecule has 0 spiro atoms. The van der Waals surface area contributed by atoms with E-state index >= 15 is 0 Å². The number of likely N-dealkylation sites (tertiary alicyclic amines) is 1. The smallest absolute Gasteiger partial charge is 0.308 e. The van der Waals surface area contributed by atoms with Crippen LogP contribution in [0.15, 0.2) is 5.38 Å². The van der Waals surface area contributed by atoms with Crippen LogP contribution in [0.5, 0.6) is 0 Å². The van der Waals surface area contributed by atoms with Crippen LogP contribution in [-0.4, -0.2) is 42.0 Å². The first-order chi connectivity index (χ1) is 8.61. The SMILES string of the molecule is COC(=O)C1CCN(C(=O)c2csc(C)n2)CC1. The number of carbonyl (C=O) groups is 2. The molecule has 0 radical (unpaired) electrons. The number of ether oxygens (including phenoxy) is 1. The molecular formula is C12H16N2O3S. The van der Waals surface area contributed by atoms with E-state index in [0.29, 0.717) is 31.6 Å². The molecule has 1 fully saturated rings. The van der Waals surface area contributed by atoms with Crippen molar-refractivity contribution in [3.05, 3.63) is 16.1 Å². The highest BCUT2D eigenvalue weighted by Gasteiger charge is 2.28. The van der Waals surface area contributed by atoms with Crippen molar-refractivity contribution in [2.24, 2.45) is 5.92 Å². The Labute approximate surface area is 110 Å². The molecule has 1 aromatic heterocycles. The normalized spacial score (nSPS) is 16.7. The van der Waals surface area contributed by atoms with E-state index in [-0.39, 0.29) is 17.8 Å². The summed E-state index contributed by atoms with van der Waals surface area (Å²) in [5.74, 6) is -0.287. The van der Waals surface area contributed by atoms with Crippen LogP contribution in [0, 0.1) is 12.8 Å². The van der Waals surface area contributed by atoms with Crippen LogP contribution in [-0.2, 0) is 9.53 Å². The Bertz CT molecular complexity index is 450. The fraction of sp³-hybridized carbons (Fsp3) is 0.583. The van der Waals surface area contributed by atoms with Gasteiger partial charge in [0.2, 0.25) is 0 Å². The number of thiazole rings is 1. The second-order valence-corrected chi connectivity index (χ2v) is 5.40. The number of rotatable bonds is 2. The Balaban J connectivity index is 1.94. The summed E-state index contributed by atoms with van der Waals surface area (Å²) in [5, 5.41) is 2.67. The van der Waals surface area contributed by atoms with Gasteiger partial charge in [-0.05, 0) is 19.8 Å². The highest BCUT2D eigenvalue weighted by molar-refractivity contribution is 7.09. The zero-order chi connectivity index (χ0) is 13.1. The topological polar surface area (TPSA) is 59.5 Å². The van der Waals surface area contributed by atoms with Gasteiger partial charge in [-0.3, -0.25) is 9.59 Å². The number of aromatic nitrogens is 1. The minimum Gasteiger partial charge on any atom is -0.469 e. The Hall–Kier alpha value is -1.43. The second-order valence-electron chi connectivity index (χ2n) is 4.34. The summed E-state index contributed by atoms with van der Waals surface area (Å²) in [6.07, 6.45) is 1.34. The summed E-state index contributed by atoms with van der Waals surface area (Å²) >= 11 is 1.47. The molecule has 98 valence electrons. The van der Waals surface area contributed by atoms with Crippen LogP contribution < -0.4 is 0 Å². The molecule has 0 unspecified atom stereocenters. The van der Waals surface area contributed by atoms with Crippen molar-refractivity contribution in [1.29, 1.82) is 0 Å². The first-order valence-electron chi connectivity index (χ1n) is 5.91. The summed E-state index contributed by atoms with van der Waals surface area (Å²) < 4.78 is 4.72. The van der Waals surface area contributed by atoms with Gasteiger partial charge in [0, 0.05) is 18.5 Å². The zero-order valence-electron chi connectivity index (χ0n) is 10.5. The minimum atomic E-state index is -0.174. The van der Waals surface area contributed by atoms with Crippen LogP contribution in [0.2, 0.25) is 0 Å². The molecule has 1 saturated heterocycles. The number of carbonyl (C=O) groups excluding carboxylic acids is 2. The lowest BCUT2D eigenvalue weighted by Crippen LogP contribution is -2.40. The van der Waals surface area contributed by atoms with E-state index in [4.69, 9.17) is 4.74 Å². The van der Waals surface area contributed by atoms with Crippen LogP contribution in [0.25, 0.3) is 0 Å². The lowest BCUT2D eigenvalue weighted by atomic mass is 9.97. The van der Waals surface area contributed by atoms with Crippen molar-refractivity contribution >= 4 is 23.2 Å². The monoisotopic (exact) mass is 268 g/mol. The molecular weight excluding hydrogens is 252 g/mol. The fourth-order valence-corrected chi connectivity index (χ4v) is 2.70. The number of piperidine rings is 1. The molecule has 1 aromatic rings. The van der Waals surface area contributed by atoms with Crippen molar-refractivity contribution in [2.45, 2.75) is 19.8 Å². The molecule has 5 nitrogen and oxygen atoms in total. The van der Waals surface area contributed by atoms with Gasteiger partial charge >= 0.3 is 5.97 Å². The molecule has 1 amide bonds. The Morgan fingerprint density at radius 2 is 2.11 bits per heavy atom. The maximum Gasteiger partial charge on any atom is 0.308 e. The third kappa shape index (κ3) is 2.69. The third-order valence-corrected chi connectivity index (χ3v) is 3.93. The Morgan fingerprint density at radius 3 is 2.61 bits per heavy atom. The van der Waals surface area contributed by atoms with E-state index in [9.17, 15) is 9.59 Å². The van der Waals surface area contributed by atoms with Crippen LogP contribution in [0.3, 0.4) is 0 Å². The first-order valence-corrected chi connectivity index (χ1v) is 6.79. The van der Waals surface area contributed by atoms with Gasteiger partial charge in [0.1, 0.15) is 5.69 Å². The lowest BCUT2D eigenvalue weighted by Gasteiger charge is -2.30. The van der Waals surface area contributed by atoms with E-state index in [2.05, 4.69) is 4.98 Å². The molecule has 0 N–H and O–H groups in total. The van der Waals surface area contributed by atoms with Crippen LogP contribution in [0.1, 0.15) is 28.3 Å². The summed E-state index contributed by atoms with van der Waals surface area (Å²) in [4.78, 5) is 29.4. The van der Waals surface area contributed by atoms with Crippen molar-refractivity contribution in [3.8, 4) is 0 Å². The average Bonchev–Trinajstić information content (AvgIpc) is 2.84. The third-order valence-electron chi connectivity index (χ3n) is 3.15. The number of amides is 1. The van der Waals surface area contributed by atoms with E-state index in [1.165, 1.54) is 18.4 Å². The number of hydrogen-bond donors (Lipinski definition) is 0. The summed E-state index contributed by atoms with van der Waals surface area (Å²) in [5.41, 5.74) is 0.508. The van der Waals surface area contributed by atoms with E-state index < -0.39 is 0 Å². The molecule has 2 heterocycles. The molecule has 0 bridgehead atoms. The predicted octanol–water partition coefficient (Wildman–Crippen LogP) is 1.48. The molecule has 0 aromatic carbocycles.